The highest BCUT2D eigenvalue weighted by molar-refractivity contribution is 7.80. The SMILES string of the molecule is CC(C)CCOC(=O)CC1C(=O)NCCN1C(=S)NC(=O)c1ccc(OCCOc2ccccc2)cc1. The van der Waals surface area contributed by atoms with Crippen LogP contribution in [0.1, 0.15) is 37.0 Å². The van der Waals surface area contributed by atoms with E-state index < -0.39 is 17.9 Å². The first-order valence-corrected chi connectivity index (χ1v) is 12.7. The minimum Gasteiger partial charge on any atom is -0.490 e. The lowest BCUT2D eigenvalue weighted by atomic mass is 10.1. The Bertz CT molecular complexity index is 1060. The fourth-order valence-electron chi connectivity index (χ4n) is 3.57. The highest BCUT2D eigenvalue weighted by Crippen LogP contribution is 2.15. The molecule has 0 bridgehead atoms. The van der Waals surface area contributed by atoms with Crippen LogP contribution in [0.15, 0.2) is 54.6 Å². The summed E-state index contributed by atoms with van der Waals surface area (Å²) in [6.07, 6.45) is 0.589. The molecule has 37 heavy (non-hydrogen) atoms. The van der Waals surface area contributed by atoms with Crippen LogP contribution in [0, 0.1) is 5.92 Å². The Hall–Kier alpha value is -3.66. The van der Waals surface area contributed by atoms with Crippen LogP contribution in [0.5, 0.6) is 11.5 Å². The van der Waals surface area contributed by atoms with E-state index >= 15 is 0 Å². The van der Waals surface area contributed by atoms with Crippen molar-refractivity contribution < 1.29 is 28.6 Å². The molecule has 0 aliphatic carbocycles. The number of esters is 1. The van der Waals surface area contributed by atoms with Crippen LogP contribution in [0.4, 0.5) is 0 Å². The maximum absolute atomic E-state index is 12.8. The molecular formula is C27H33N3O6S. The van der Waals surface area contributed by atoms with Gasteiger partial charge in [-0.2, -0.15) is 0 Å². The zero-order chi connectivity index (χ0) is 26.6. The molecule has 2 amide bonds. The standard InChI is InChI=1S/C27H33N3O6S/c1-19(2)12-15-36-24(31)18-23-26(33)28-13-14-30(23)27(37)29-25(32)20-8-10-22(11-9-20)35-17-16-34-21-6-4-3-5-7-21/h3-11,19,23H,12-18H2,1-2H3,(H,28,33)(H,29,32,37). The number of nitrogens with zero attached hydrogens (tertiary/aromatic N) is 1. The molecule has 0 saturated carbocycles. The average Bonchev–Trinajstić information content (AvgIpc) is 2.88. The summed E-state index contributed by atoms with van der Waals surface area (Å²) in [6.45, 7) is 5.83. The van der Waals surface area contributed by atoms with Gasteiger partial charge in [-0.3, -0.25) is 19.7 Å². The molecule has 1 atom stereocenters. The minimum atomic E-state index is -0.845. The molecule has 2 aromatic rings. The molecule has 0 radical (unpaired) electrons. The van der Waals surface area contributed by atoms with Crippen molar-refractivity contribution in [1.82, 2.24) is 15.5 Å². The lowest BCUT2D eigenvalue weighted by Gasteiger charge is -2.36. The van der Waals surface area contributed by atoms with Gasteiger partial charge in [-0.05, 0) is 61.0 Å². The van der Waals surface area contributed by atoms with Gasteiger partial charge in [0.1, 0.15) is 30.8 Å². The Morgan fingerprint density at radius 2 is 1.68 bits per heavy atom. The number of hydrogen-bond donors (Lipinski definition) is 2. The van der Waals surface area contributed by atoms with Gasteiger partial charge in [0, 0.05) is 18.7 Å². The number of carbonyl (C=O) groups is 3. The Kier molecular flexibility index (Phi) is 10.7. The zero-order valence-corrected chi connectivity index (χ0v) is 21.9. The molecule has 1 heterocycles. The first-order valence-electron chi connectivity index (χ1n) is 12.3. The largest absolute Gasteiger partial charge is 0.490 e. The number of carbonyl (C=O) groups excluding carboxylic acids is 3. The average molecular weight is 528 g/mol. The summed E-state index contributed by atoms with van der Waals surface area (Å²) in [5, 5.41) is 5.48. The summed E-state index contributed by atoms with van der Waals surface area (Å²) in [4.78, 5) is 39.0. The van der Waals surface area contributed by atoms with Gasteiger partial charge in [0.05, 0.1) is 13.0 Å². The Morgan fingerprint density at radius 3 is 2.32 bits per heavy atom. The zero-order valence-electron chi connectivity index (χ0n) is 21.1. The third kappa shape index (κ3) is 9.05. The van der Waals surface area contributed by atoms with Crippen LogP contribution in [0.2, 0.25) is 0 Å². The number of rotatable bonds is 11. The molecule has 3 rings (SSSR count). The molecule has 1 aliphatic rings. The van der Waals surface area contributed by atoms with E-state index in [0.29, 0.717) is 50.1 Å². The first kappa shape index (κ1) is 27.9. The van der Waals surface area contributed by atoms with Crippen LogP contribution in [0.25, 0.3) is 0 Å². The second-order valence-electron chi connectivity index (χ2n) is 8.90. The molecule has 0 aromatic heterocycles. The quantitative estimate of drug-likeness (QED) is 0.261. The minimum absolute atomic E-state index is 0.0817. The third-order valence-corrected chi connectivity index (χ3v) is 5.95. The van der Waals surface area contributed by atoms with E-state index in [0.717, 1.165) is 12.2 Å². The van der Waals surface area contributed by atoms with Crippen molar-refractivity contribution in [2.24, 2.45) is 5.92 Å². The summed E-state index contributed by atoms with van der Waals surface area (Å²) >= 11 is 5.41. The molecule has 1 saturated heterocycles. The number of nitrogens with one attached hydrogen (secondary N) is 2. The molecule has 2 N–H and O–H groups in total. The van der Waals surface area contributed by atoms with Crippen LogP contribution in [-0.4, -0.2) is 66.7 Å². The van der Waals surface area contributed by atoms with Crippen LogP contribution in [-0.2, 0) is 14.3 Å². The van der Waals surface area contributed by atoms with Gasteiger partial charge in [-0.15, -0.1) is 0 Å². The van der Waals surface area contributed by atoms with Gasteiger partial charge < -0.3 is 24.4 Å². The van der Waals surface area contributed by atoms with Gasteiger partial charge in [-0.25, -0.2) is 0 Å². The van der Waals surface area contributed by atoms with E-state index in [2.05, 4.69) is 10.6 Å². The number of piperazine rings is 1. The lowest BCUT2D eigenvalue weighted by Crippen LogP contribution is -2.60. The van der Waals surface area contributed by atoms with Crippen molar-refractivity contribution >= 4 is 35.1 Å². The molecule has 9 nitrogen and oxygen atoms in total. The molecule has 1 aliphatic heterocycles. The van der Waals surface area contributed by atoms with Gasteiger partial charge in [0.2, 0.25) is 5.91 Å². The van der Waals surface area contributed by atoms with E-state index in [1.807, 2.05) is 44.2 Å². The maximum atomic E-state index is 12.8. The third-order valence-electron chi connectivity index (χ3n) is 5.61. The van der Waals surface area contributed by atoms with E-state index in [1.165, 1.54) is 0 Å². The summed E-state index contributed by atoms with van der Waals surface area (Å²) in [5.41, 5.74) is 0.376. The smallest absolute Gasteiger partial charge is 0.308 e. The Balaban J connectivity index is 1.48. The summed E-state index contributed by atoms with van der Waals surface area (Å²) < 4.78 is 16.5. The van der Waals surface area contributed by atoms with E-state index in [-0.39, 0.29) is 17.4 Å². The van der Waals surface area contributed by atoms with Gasteiger partial charge in [-0.1, -0.05) is 32.0 Å². The fraction of sp³-hybridized carbons (Fsp3) is 0.407. The summed E-state index contributed by atoms with van der Waals surface area (Å²) in [5.74, 6) is 0.533. The normalized spacial score (nSPS) is 15.1. The molecule has 198 valence electrons. The second kappa shape index (κ2) is 14.2. The van der Waals surface area contributed by atoms with Crippen molar-refractivity contribution in [3.05, 3.63) is 60.2 Å². The van der Waals surface area contributed by atoms with E-state index in [9.17, 15) is 14.4 Å². The lowest BCUT2D eigenvalue weighted by molar-refractivity contribution is -0.147. The van der Waals surface area contributed by atoms with Crippen LogP contribution >= 0.6 is 12.2 Å². The predicted molar refractivity (Wildman–Crippen MR) is 142 cm³/mol. The van der Waals surface area contributed by atoms with Gasteiger partial charge >= 0.3 is 5.97 Å². The summed E-state index contributed by atoms with van der Waals surface area (Å²) in [7, 11) is 0. The van der Waals surface area contributed by atoms with E-state index in [4.69, 9.17) is 26.4 Å². The number of ether oxygens (including phenoxy) is 3. The van der Waals surface area contributed by atoms with Crippen LogP contribution < -0.4 is 20.1 Å². The highest BCUT2D eigenvalue weighted by Gasteiger charge is 2.34. The molecule has 0 spiro atoms. The fourth-order valence-corrected chi connectivity index (χ4v) is 3.88. The number of para-hydroxylation sites is 1. The molecular weight excluding hydrogens is 494 g/mol. The highest BCUT2D eigenvalue weighted by atomic mass is 32.1. The Morgan fingerprint density at radius 1 is 1.03 bits per heavy atom. The molecule has 2 aromatic carbocycles. The topological polar surface area (TPSA) is 106 Å². The van der Waals surface area contributed by atoms with Crippen molar-refractivity contribution in [3.63, 3.8) is 0 Å². The molecule has 1 fully saturated rings. The van der Waals surface area contributed by atoms with Gasteiger partial charge in [0.15, 0.2) is 5.11 Å². The predicted octanol–water partition coefficient (Wildman–Crippen LogP) is 2.94. The number of amides is 2. The van der Waals surface area contributed by atoms with E-state index in [1.54, 1.807) is 29.2 Å². The Labute approximate surface area is 222 Å². The van der Waals surface area contributed by atoms with Gasteiger partial charge in [0.25, 0.3) is 5.91 Å². The van der Waals surface area contributed by atoms with Crippen molar-refractivity contribution in [1.29, 1.82) is 0 Å². The van der Waals surface area contributed by atoms with Crippen molar-refractivity contribution in [2.45, 2.75) is 32.7 Å². The maximum Gasteiger partial charge on any atom is 0.308 e. The van der Waals surface area contributed by atoms with Crippen molar-refractivity contribution in [3.8, 4) is 11.5 Å². The first-order chi connectivity index (χ1) is 17.8. The molecule has 1 unspecified atom stereocenters. The summed E-state index contributed by atoms with van der Waals surface area (Å²) in [6, 6.07) is 15.2. The van der Waals surface area contributed by atoms with Crippen molar-refractivity contribution in [2.75, 3.05) is 32.9 Å². The number of benzene rings is 2. The second-order valence-corrected chi connectivity index (χ2v) is 9.29. The number of thiocarbonyl (C=S) groups is 1. The monoisotopic (exact) mass is 527 g/mol. The number of hydrogen-bond acceptors (Lipinski definition) is 7. The van der Waals surface area contributed by atoms with Crippen LogP contribution in [0.3, 0.4) is 0 Å². The molecule has 10 heteroatoms.